The molecule has 0 radical (unpaired) electrons. The van der Waals surface area contributed by atoms with Gasteiger partial charge in [-0.3, -0.25) is 0 Å². The van der Waals surface area contributed by atoms with Gasteiger partial charge in [-0.2, -0.15) is 0 Å². The van der Waals surface area contributed by atoms with Crippen LogP contribution in [-0.4, -0.2) is 12.2 Å². The fourth-order valence-corrected chi connectivity index (χ4v) is 1.08. The number of nitrogens with two attached hydrogens (primary N) is 1. The Kier molecular flexibility index (Phi) is 3.08. The van der Waals surface area contributed by atoms with E-state index >= 15 is 0 Å². The molecule has 66 valence electrons. The maximum Gasteiger partial charge on any atom is 0.119 e. The first kappa shape index (κ1) is 9.03. The van der Waals surface area contributed by atoms with Gasteiger partial charge in [-0.1, -0.05) is 6.07 Å². The summed E-state index contributed by atoms with van der Waals surface area (Å²) in [5.74, 6) is 0.747. The van der Waals surface area contributed by atoms with Crippen LogP contribution in [0.5, 0.6) is 5.75 Å². The summed E-state index contributed by atoms with van der Waals surface area (Å²) in [7, 11) is 1.60. The standard InChI is InChI=1S/C9H13NO2/c1-12-9-3-2-7(5-10)8(4-9)6-11/h2-4,11H,5-6,10H2,1H3. The third-order valence-corrected chi connectivity index (χ3v) is 1.80. The third kappa shape index (κ3) is 1.75. The Morgan fingerprint density at radius 1 is 1.42 bits per heavy atom. The highest BCUT2D eigenvalue weighted by molar-refractivity contribution is 5.35. The molecule has 0 fully saturated rings. The highest BCUT2D eigenvalue weighted by atomic mass is 16.5. The van der Waals surface area contributed by atoms with Gasteiger partial charge in [-0.25, -0.2) is 0 Å². The molecule has 1 rings (SSSR count). The second-order valence-corrected chi connectivity index (χ2v) is 2.50. The molecule has 3 heteroatoms. The van der Waals surface area contributed by atoms with E-state index in [-0.39, 0.29) is 6.61 Å². The van der Waals surface area contributed by atoms with Gasteiger partial charge in [0.05, 0.1) is 13.7 Å². The van der Waals surface area contributed by atoms with Gasteiger partial charge >= 0.3 is 0 Å². The Morgan fingerprint density at radius 2 is 2.17 bits per heavy atom. The Balaban J connectivity index is 3.02. The fourth-order valence-electron chi connectivity index (χ4n) is 1.08. The zero-order valence-electron chi connectivity index (χ0n) is 7.08. The number of aliphatic hydroxyl groups excluding tert-OH is 1. The van der Waals surface area contributed by atoms with Crippen molar-refractivity contribution in [3.8, 4) is 5.75 Å². The van der Waals surface area contributed by atoms with Crippen LogP contribution < -0.4 is 10.5 Å². The molecule has 0 aliphatic carbocycles. The van der Waals surface area contributed by atoms with Crippen LogP contribution in [0.25, 0.3) is 0 Å². The second kappa shape index (κ2) is 4.09. The average molecular weight is 167 g/mol. The summed E-state index contributed by atoms with van der Waals surface area (Å²) in [6, 6.07) is 5.49. The van der Waals surface area contributed by atoms with Crippen LogP contribution in [0.2, 0.25) is 0 Å². The first-order valence-electron chi connectivity index (χ1n) is 3.78. The highest BCUT2D eigenvalue weighted by Gasteiger charge is 2.00. The lowest BCUT2D eigenvalue weighted by atomic mass is 10.1. The van der Waals surface area contributed by atoms with Crippen molar-refractivity contribution in [2.24, 2.45) is 5.73 Å². The summed E-state index contributed by atoms with van der Waals surface area (Å²) in [6.45, 7) is 0.448. The molecule has 3 nitrogen and oxygen atoms in total. The molecule has 3 N–H and O–H groups in total. The van der Waals surface area contributed by atoms with Gasteiger partial charge in [0, 0.05) is 6.54 Å². The monoisotopic (exact) mass is 167 g/mol. The first-order valence-corrected chi connectivity index (χ1v) is 3.78. The molecule has 0 saturated heterocycles. The van der Waals surface area contributed by atoms with E-state index in [0.29, 0.717) is 6.54 Å². The molecule has 0 bridgehead atoms. The van der Waals surface area contributed by atoms with Crippen molar-refractivity contribution in [1.29, 1.82) is 0 Å². The van der Waals surface area contributed by atoms with Gasteiger partial charge in [-0.05, 0) is 23.3 Å². The molecule has 0 amide bonds. The molecule has 0 heterocycles. The summed E-state index contributed by atoms with van der Waals surface area (Å²) < 4.78 is 5.00. The van der Waals surface area contributed by atoms with Crippen molar-refractivity contribution in [1.82, 2.24) is 0 Å². The summed E-state index contributed by atoms with van der Waals surface area (Å²) >= 11 is 0. The van der Waals surface area contributed by atoms with Crippen molar-refractivity contribution in [2.75, 3.05) is 7.11 Å². The number of aliphatic hydroxyl groups is 1. The molecule has 0 aliphatic rings. The van der Waals surface area contributed by atoms with E-state index in [9.17, 15) is 0 Å². The largest absolute Gasteiger partial charge is 0.497 e. The van der Waals surface area contributed by atoms with Crippen molar-refractivity contribution in [3.05, 3.63) is 29.3 Å². The van der Waals surface area contributed by atoms with E-state index in [1.54, 1.807) is 13.2 Å². The predicted octanol–water partition coefficient (Wildman–Crippen LogP) is 0.646. The van der Waals surface area contributed by atoms with Crippen LogP contribution in [0.3, 0.4) is 0 Å². The molecule has 0 saturated carbocycles. The maximum atomic E-state index is 8.96. The van der Waals surface area contributed by atoms with Crippen LogP contribution >= 0.6 is 0 Å². The summed E-state index contributed by atoms with van der Waals surface area (Å²) in [4.78, 5) is 0. The number of methoxy groups -OCH3 is 1. The number of hydrogen-bond donors (Lipinski definition) is 2. The van der Waals surface area contributed by atoms with E-state index in [1.807, 2.05) is 12.1 Å². The minimum Gasteiger partial charge on any atom is -0.497 e. The third-order valence-electron chi connectivity index (χ3n) is 1.80. The van der Waals surface area contributed by atoms with Crippen LogP contribution in [0, 0.1) is 0 Å². The van der Waals surface area contributed by atoms with Crippen molar-refractivity contribution in [3.63, 3.8) is 0 Å². The van der Waals surface area contributed by atoms with Gasteiger partial charge in [0.1, 0.15) is 5.75 Å². The normalized spacial score (nSPS) is 9.92. The second-order valence-electron chi connectivity index (χ2n) is 2.50. The Hall–Kier alpha value is -1.06. The first-order chi connectivity index (χ1) is 5.81. The van der Waals surface area contributed by atoms with Gasteiger partial charge in [0.15, 0.2) is 0 Å². The van der Waals surface area contributed by atoms with E-state index < -0.39 is 0 Å². The lowest BCUT2D eigenvalue weighted by molar-refractivity contribution is 0.279. The molecule has 0 aliphatic heterocycles. The number of hydrogen-bond acceptors (Lipinski definition) is 3. The van der Waals surface area contributed by atoms with Crippen LogP contribution in [0.4, 0.5) is 0 Å². The lowest BCUT2D eigenvalue weighted by Crippen LogP contribution is -2.01. The van der Waals surface area contributed by atoms with Gasteiger partial charge in [0.2, 0.25) is 0 Å². The van der Waals surface area contributed by atoms with Crippen LogP contribution in [0.15, 0.2) is 18.2 Å². The molecule has 0 spiro atoms. The summed E-state index contributed by atoms with van der Waals surface area (Å²) in [5.41, 5.74) is 7.25. The Morgan fingerprint density at radius 3 is 2.67 bits per heavy atom. The lowest BCUT2D eigenvalue weighted by Gasteiger charge is -2.06. The Bertz CT molecular complexity index is 261. The van der Waals surface area contributed by atoms with E-state index in [1.165, 1.54) is 0 Å². The summed E-state index contributed by atoms with van der Waals surface area (Å²) in [5, 5.41) is 8.96. The smallest absolute Gasteiger partial charge is 0.119 e. The van der Waals surface area contributed by atoms with Gasteiger partial charge in [0.25, 0.3) is 0 Å². The number of ether oxygens (including phenoxy) is 1. The van der Waals surface area contributed by atoms with Gasteiger partial charge in [-0.15, -0.1) is 0 Å². The van der Waals surface area contributed by atoms with Crippen molar-refractivity contribution < 1.29 is 9.84 Å². The van der Waals surface area contributed by atoms with Crippen LogP contribution in [-0.2, 0) is 13.2 Å². The highest BCUT2D eigenvalue weighted by Crippen LogP contribution is 2.17. The van der Waals surface area contributed by atoms with E-state index in [2.05, 4.69) is 0 Å². The predicted molar refractivity (Wildman–Crippen MR) is 46.8 cm³/mol. The Labute approximate surface area is 71.8 Å². The zero-order chi connectivity index (χ0) is 8.97. The molecule has 0 aromatic heterocycles. The minimum atomic E-state index is 0.00370. The van der Waals surface area contributed by atoms with Crippen molar-refractivity contribution >= 4 is 0 Å². The van der Waals surface area contributed by atoms with Crippen LogP contribution in [0.1, 0.15) is 11.1 Å². The molecule has 12 heavy (non-hydrogen) atoms. The number of benzene rings is 1. The zero-order valence-corrected chi connectivity index (χ0v) is 7.08. The molecule has 0 atom stereocenters. The summed E-state index contributed by atoms with van der Waals surface area (Å²) in [6.07, 6.45) is 0. The molecular formula is C9H13NO2. The average Bonchev–Trinajstić information content (AvgIpc) is 2.16. The van der Waals surface area contributed by atoms with E-state index in [4.69, 9.17) is 15.6 Å². The fraction of sp³-hybridized carbons (Fsp3) is 0.333. The van der Waals surface area contributed by atoms with E-state index in [0.717, 1.165) is 16.9 Å². The van der Waals surface area contributed by atoms with Crippen molar-refractivity contribution in [2.45, 2.75) is 13.2 Å². The maximum absolute atomic E-state index is 8.96. The van der Waals surface area contributed by atoms with Gasteiger partial charge < -0.3 is 15.6 Å². The molecule has 0 unspecified atom stereocenters. The quantitative estimate of drug-likeness (QED) is 0.694. The minimum absolute atomic E-state index is 0.00370. The molecule has 1 aromatic carbocycles. The number of rotatable bonds is 3. The topological polar surface area (TPSA) is 55.5 Å². The molecular weight excluding hydrogens is 154 g/mol. The molecule has 1 aromatic rings. The SMILES string of the molecule is COc1ccc(CN)c(CO)c1.